The van der Waals surface area contributed by atoms with Gasteiger partial charge in [-0.15, -0.1) is 35.3 Å². The van der Waals surface area contributed by atoms with Gasteiger partial charge in [-0.25, -0.2) is 18.1 Å². The molecule has 0 aromatic carbocycles. The molecule has 0 radical (unpaired) electrons. The van der Waals surface area contributed by atoms with Crippen molar-refractivity contribution in [3.8, 4) is 0 Å². The van der Waals surface area contributed by atoms with E-state index in [0.29, 0.717) is 5.96 Å². The molecule has 134 valence electrons. The number of sulfonamides is 1. The lowest BCUT2D eigenvalue weighted by atomic mass is 10.5. The molecule has 0 amide bonds. The van der Waals surface area contributed by atoms with E-state index in [0.717, 1.165) is 23.0 Å². The van der Waals surface area contributed by atoms with Crippen molar-refractivity contribution in [2.45, 2.75) is 12.7 Å². The summed E-state index contributed by atoms with van der Waals surface area (Å²) in [7, 11) is -1.77. The first-order valence-electron chi connectivity index (χ1n) is 6.02. The Morgan fingerprint density at radius 2 is 2.00 bits per heavy atom. The van der Waals surface area contributed by atoms with Gasteiger partial charge in [0.1, 0.15) is 5.01 Å². The van der Waals surface area contributed by atoms with Gasteiger partial charge in [0.2, 0.25) is 10.0 Å². The topological polar surface area (TPSA) is 95.5 Å². The molecule has 0 aliphatic rings. The number of halogens is 4. The Hall–Kier alpha value is -0.670. The molecule has 0 fully saturated rings. The zero-order valence-corrected chi connectivity index (χ0v) is 16.2. The number of alkyl halides is 3. The normalized spacial score (nSPS) is 12.7. The number of aromatic nitrogens is 1. The molecule has 1 aromatic rings. The predicted octanol–water partition coefficient (Wildman–Crippen LogP) is 0.994. The SMILES string of the molecule is CN=C(NCCNS(C)(=O)=O)NCc1nc(C(F)(F)F)cs1.I. The van der Waals surface area contributed by atoms with E-state index in [-0.39, 0.29) is 48.6 Å². The minimum atomic E-state index is -4.45. The van der Waals surface area contributed by atoms with Gasteiger partial charge in [0, 0.05) is 25.5 Å². The Kier molecular flexibility index (Phi) is 9.30. The third kappa shape index (κ3) is 9.26. The summed E-state index contributed by atoms with van der Waals surface area (Å²) in [6.07, 6.45) is -3.41. The van der Waals surface area contributed by atoms with Crippen LogP contribution in [0.15, 0.2) is 10.4 Å². The number of nitrogens with one attached hydrogen (secondary N) is 3. The molecule has 1 aromatic heterocycles. The zero-order chi connectivity index (χ0) is 16.8. The van der Waals surface area contributed by atoms with Gasteiger partial charge in [-0.3, -0.25) is 4.99 Å². The fourth-order valence-corrected chi connectivity index (χ4v) is 2.53. The number of nitrogens with zero attached hydrogens (tertiary/aromatic N) is 2. The van der Waals surface area contributed by atoms with E-state index in [2.05, 4.69) is 25.3 Å². The number of rotatable bonds is 6. The van der Waals surface area contributed by atoms with Gasteiger partial charge >= 0.3 is 6.18 Å². The van der Waals surface area contributed by atoms with Gasteiger partial charge in [0.25, 0.3) is 0 Å². The summed E-state index contributed by atoms with van der Waals surface area (Å²) in [4.78, 5) is 7.34. The average molecular weight is 487 g/mol. The van der Waals surface area contributed by atoms with E-state index in [1.54, 1.807) is 0 Å². The molecule has 0 spiro atoms. The van der Waals surface area contributed by atoms with Crippen molar-refractivity contribution in [2.75, 3.05) is 26.4 Å². The van der Waals surface area contributed by atoms with Crippen molar-refractivity contribution in [3.05, 3.63) is 16.1 Å². The maximum Gasteiger partial charge on any atom is 0.434 e. The van der Waals surface area contributed by atoms with Crippen LogP contribution in [0.1, 0.15) is 10.7 Å². The third-order valence-corrected chi connectivity index (χ3v) is 3.83. The van der Waals surface area contributed by atoms with Crippen LogP contribution >= 0.6 is 35.3 Å². The Morgan fingerprint density at radius 3 is 2.48 bits per heavy atom. The van der Waals surface area contributed by atoms with Crippen LogP contribution in [0, 0.1) is 0 Å². The van der Waals surface area contributed by atoms with Crippen LogP contribution in [0.5, 0.6) is 0 Å². The van der Waals surface area contributed by atoms with Crippen LogP contribution in [-0.2, 0) is 22.7 Å². The van der Waals surface area contributed by atoms with Crippen molar-refractivity contribution in [2.24, 2.45) is 4.99 Å². The van der Waals surface area contributed by atoms with Crippen molar-refractivity contribution >= 4 is 51.3 Å². The average Bonchev–Trinajstić information content (AvgIpc) is 2.85. The molecule has 1 heterocycles. The van der Waals surface area contributed by atoms with Crippen LogP contribution in [0.4, 0.5) is 13.2 Å². The highest BCUT2D eigenvalue weighted by molar-refractivity contribution is 14.0. The summed E-state index contributed by atoms with van der Waals surface area (Å²) in [5, 5.41) is 6.82. The second kappa shape index (κ2) is 9.58. The van der Waals surface area contributed by atoms with Crippen molar-refractivity contribution < 1.29 is 21.6 Å². The molecule has 0 atom stereocenters. The highest BCUT2D eigenvalue weighted by Crippen LogP contribution is 2.29. The van der Waals surface area contributed by atoms with E-state index in [9.17, 15) is 21.6 Å². The van der Waals surface area contributed by atoms with E-state index in [1.807, 2.05) is 0 Å². The molecule has 13 heteroatoms. The predicted molar refractivity (Wildman–Crippen MR) is 93.6 cm³/mol. The number of hydrogen-bond donors (Lipinski definition) is 3. The zero-order valence-electron chi connectivity index (χ0n) is 12.3. The molecule has 0 bridgehead atoms. The number of thiazole rings is 1. The lowest BCUT2D eigenvalue weighted by molar-refractivity contribution is -0.140. The van der Waals surface area contributed by atoms with E-state index in [1.165, 1.54) is 7.05 Å². The fraction of sp³-hybridized carbons (Fsp3) is 0.600. The minimum absolute atomic E-state index is 0. The number of guanidine groups is 1. The smallest absolute Gasteiger partial charge is 0.355 e. The molecular weight excluding hydrogens is 470 g/mol. The van der Waals surface area contributed by atoms with Gasteiger partial charge in [0.05, 0.1) is 12.8 Å². The summed E-state index contributed by atoms with van der Waals surface area (Å²) < 4.78 is 61.2. The van der Waals surface area contributed by atoms with Crippen LogP contribution in [0.3, 0.4) is 0 Å². The maximum atomic E-state index is 12.4. The van der Waals surface area contributed by atoms with Crippen LogP contribution in [0.2, 0.25) is 0 Å². The molecule has 0 aliphatic carbocycles. The summed E-state index contributed by atoms with van der Waals surface area (Å²) in [5.41, 5.74) is -0.922. The molecule has 0 aliphatic heterocycles. The monoisotopic (exact) mass is 487 g/mol. The Labute approximate surface area is 153 Å². The quantitative estimate of drug-likeness (QED) is 0.241. The van der Waals surface area contributed by atoms with Crippen molar-refractivity contribution in [3.63, 3.8) is 0 Å². The Morgan fingerprint density at radius 1 is 1.35 bits per heavy atom. The maximum absolute atomic E-state index is 12.4. The first-order chi connectivity index (χ1) is 10.1. The van der Waals surface area contributed by atoms with E-state index < -0.39 is 21.9 Å². The van der Waals surface area contributed by atoms with Gasteiger partial charge in [-0.05, 0) is 0 Å². The molecule has 0 unspecified atom stereocenters. The van der Waals surface area contributed by atoms with Crippen molar-refractivity contribution in [1.82, 2.24) is 20.3 Å². The van der Waals surface area contributed by atoms with Gasteiger partial charge in [-0.2, -0.15) is 13.2 Å². The summed E-state index contributed by atoms with van der Waals surface area (Å²) in [6.45, 7) is 0.521. The number of hydrogen-bond acceptors (Lipinski definition) is 5. The molecule has 0 saturated carbocycles. The third-order valence-electron chi connectivity index (χ3n) is 2.25. The van der Waals surface area contributed by atoms with E-state index >= 15 is 0 Å². The summed E-state index contributed by atoms with van der Waals surface area (Å²) >= 11 is 0.893. The second-order valence-electron chi connectivity index (χ2n) is 4.14. The van der Waals surface area contributed by atoms with Gasteiger partial charge in [-0.1, -0.05) is 0 Å². The molecular formula is C10H17F3IN5O2S2. The fourth-order valence-electron chi connectivity index (χ4n) is 1.32. The van der Waals surface area contributed by atoms with Crippen LogP contribution in [0.25, 0.3) is 0 Å². The summed E-state index contributed by atoms with van der Waals surface area (Å²) in [6, 6.07) is 0. The standard InChI is InChI=1S/C10H16F3N5O2S2.HI/c1-14-9(15-3-4-17-22(2,19)20)16-5-8-18-7(6-21-8)10(11,12)13;/h6,17H,3-5H2,1-2H3,(H2,14,15,16);1H. The molecule has 23 heavy (non-hydrogen) atoms. The van der Waals surface area contributed by atoms with Crippen LogP contribution < -0.4 is 15.4 Å². The molecule has 1 rings (SSSR count). The largest absolute Gasteiger partial charge is 0.434 e. The van der Waals surface area contributed by atoms with Crippen LogP contribution in [-0.4, -0.2) is 45.8 Å². The second-order valence-corrected chi connectivity index (χ2v) is 6.92. The molecule has 0 saturated heterocycles. The first-order valence-corrected chi connectivity index (χ1v) is 8.79. The molecule has 3 N–H and O–H groups in total. The van der Waals surface area contributed by atoms with E-state index in [4.69, 9.17) is 0 Å². The lowest BCUT2D eigenvalue weighted by Gasteiger charge is -2.10. The Bertz CT molecular complexity index is 618. The Balaban J connectivity index is 0.00000484. The highest BCUT2D eigenvalue weighted by atomic mass is 127. The van der Waals surface area contributed by atoms with Gasteiger partial charge in [0.15, 0.2) is 11.7 Å². The lowest BCUT2D eigenvalue weighted by Crippen LogP contribution is -2.41. The molecule has 7 nitrogen and oxygen atoms in total. The van der Waals surface area contributed by atoms with Gasteiger partial charge < -0.3 is 10.6 Å². The highest BCUT2D eigenvalue weighted by Gasteiger charge is 2.33. The summed E-state index contributed by atoms with van der Waals surface area (Å²) in [5.74, 6) is 0.332. The number of aliphatic imine (C=N–C) groups is 1. The van der Waals surface area contributed by atoms with Crippen molar-refractivity contribution in [1.29, 1.82) is 0 Å². The minimum Gasteiger partial charge on any atom is -0.355 e. The first kappa shape index (κ1) is 22.3.